The van der Waals surface area contributed by atoms with Gasteiger partial charge in [0.1, 0.15) is 6.61 Å². The molecule has 128 valence electrons. The van der Waals surface area contributed by atoms with Crippen molar-refractivity contribution in [2.24, 2.45) is 14.1 Å². The van der Waals surface area contributed by atoms with Crippen molar-refractivity contribution in [3.63, 3.8) is 0 Å². The van der Waals surface area contributed by atoms with Crippen molar-refractivity contribution in [1.29, 1.82) is 0 Å². The van der Waals surface area contributed by atoms with Crippen LogP contribution >= 0.6 is 0 Å². The van der Waals surface area contributed by atoms with E-state index in [9.17, 15) is 14.4 Å². The Labute approximate surface area is 137 Å². The Bertz CT molecular complexity index is 881. The number of hydrogen-bond acceptors (Lipinski definition) is 6. The number of esters is 1. The van der Waals surface area contributed by atoms with E-state index in [0.717, 1.165) is 4.57 Å². The van der Waals surface area contributed by atoms with E-state index in [0.29, 0.717) is 22.8 Å². The molecule has 1 aromatic heterocycles. The normalized spacial score (nSPS) is 10.3. The topological polar surface area (TPSA) is 88.8 Å². The van der Waals surface area contributed by atoms with Gasteiger partial charge in [-0.05, 0) is 18.2 Å². The van der Waals surface area contributed by atoms with Crippen LogP contribution in [0, 0.1) is 0 Å². The lowest BCUT2D eigenvalue weighted by molar-refractivity contribution is 0.0600. The molecule has 0 atom stereocenters. The quantitative estimate of drug-likeness (QED) is 0.738. The molecule has 0 saturated carbocycles. The van der Waals surface area contributed by atoms with Gasteiger partial charge in [0.25, 0.3) is 5.56 Å². The van der Waals surface area contributed by atoms with Crippen LogP contribution in [-0.4, -0.2) is 29.3 Å². The second kappa shape index (κ2) is 7.03. The van der Waals surface area contributed by atoms with Crippen LogP contribution in [-0.2, 0) is 25.4 Å². The Morgan fingerprint density at radius 1 is 1.04 bits per heavy atom. The molecule has 0 spiro atoms. The SMILES string of the molecule is COC(=O)c1ccc(OCc2cc(=O)n(C)c(=O)n2C)c(OC)c1. The molecule has 0 aliphatic rings. The molecule has 2 aromatic rings. The first-order valence-electron chi connectivity index (χ1n) is 7.04. The van der Waals surface area contributed by atoms with Crippen LogP contribution in [0.15, 0.2) is 33.9 Å². The van der Waals surface area contributed by atoms with Crippen LogP contribution in [0.1, 0.15) is 16.1 Å². The number of carbonyl (C=O) groups is 1. The molecule has 0 aliphatic carbocycles. The third-order valence-electron chi connectivity index (χ3n) is 3.59. The Morgan fingerprint density at radius 2 is 1.75 bits per heavy atom. The first-order valence-corrected chi connectivity index (χ1v) is 7.04. The summed E-state index contributed by atoms with van der Waals surface area (Å²) in [7, 11) is 5.69. The molecule has 0 amide bonds. The van der Waals surface area contributed by atoms with Crippen LogP contribution in [0.2, 0.25) is 0 Å². The van der Waals surface area contributed by atoms with Crippen molar-refractivity contribution in [3.05, 3.63) is 56.4 Å². The summed E-state index contributed by atoms with van der Waals surface area (Å²) >= 11 is 0. The number of benzene rings is 1. The molecular weight excluding hydrogens is 316 g/mol. The van der Waals surface area contributed by atoms with E-state index in [4.69, 9.17) is 9.47 Å². The van der Waals surface area contributed by atoms with Gasteiger partial charge in [0.15, 0.2) is 11.5 Å². The molecule has 1 aromatic carbocycles. The Morgan fingerprint density at radius 3 is 2.38 bits per heavy atom. The number of rotatable bonds is 5. The highest BCUT2D eigenvalue weighted by Crippen LogP contribution is 2.28. The summed E-state index contributed by atoms with van der Waals surface area (Å²) in [5.41, 5.74) is -0.108. The van der Waals surface area contributed by atoms with Crippen molar-refractivity contribution in [3.8, 4) is 11.5 Å². The van der Waals surface area contributed by atoms with Gasteiger partial charge in [0.2, 0.25) is 0 Å². The molecule has 8 nitrogen and oxygen atoms in total. The number of ether oxygens (including phenoxy) is 3. The molecule has 1 heterocycles. The lowest BCUT2D eigenvalue weighted by Crippen LogP contribution is -2.38. The minimum atomic E-state index is -0.492. The maximum Gasteiger partial charge on any atom is 0.337 e. The van der Waals surface area contributed by atoms with Crippen molar-refractivity contribution in [2.45, 2.75) is 6.61 Å². The van der Waals surface area contributed by atoms with Gasteiger partial charge in [0.05, 0.1) is 25.5 Å². The number of hydrogen-bond donors (Lipinski definition) is 0. The summed E-state index contributed by atoms with van der Waals surface area (Å²) in [6.45, 7) is -0.00422. The summed E-state index contributed by atoms with van der Waals surface area (Å²) in [5.74, 6) is 0.221. The van der Waals surface area contributed by atoms with Crippen molar-refractivity contribution >= 4 is 5.97 Å². The van der Waals surface area contributed by atoms with Gasteiger partial charge < -0.3 is 14.2 Å². The Hall–Kier alpha value is -3.03. The molecule has 8 heteroatoms. The van der Waals surface area contributed by atoms with Crippen LogP contribution in [0.25, 0.3) is 0 Å². The fourth-order valence-corrected chi connectivity index (χ4v) is 2.10. The summed E-state index contributed by atoms with van der Waals surface area (Å²) in [5, 5.41) is 0. The average molecular weight is 334 g/mol. The lowest BCUT2D eigenvalue weighted by Gasteiger charge is -2.13. The van der Waals surface area contributed by atoms with Crippen LogP contribution in [0.5, 0.6) is 11.5 Å². The third kappa shape index (κ3) is 3.32. The van der Waals surface area contributed by atoms with E-state index in [1.807, 2.05) is 0 Å². The zero-order valence-corrected chi connectivity index (χ0v) is 13.9. The predicted octanol–water partition coefficient (Wildman–Crippen LogP) is 0.458. The molecule has 24 heavy (non-hydrogen) atoms. The van der Waals surface area contributed by atoms with Gasteiger partial charge in [-0.1, -0.05) is 0 Å². The van der Waals surface area contributed by atoms with E-state index in [2.05, 4.69) is 4.74 Å². The second-order valence-corrected chi connectivity index (χ2v) is 5.02. The monoisotopic (exact) mass is 334 g/mol. The highest BCUT2D eigenvalue weighted by atomic mass is 16.5. The standard InChI is InChI=1S/C16H18N2O6/c1-17-11(8-14(19)18(2)16(17)21)9-24-12-6-5-10(15(20)23-4)7-13(12)22-3/h5-8H,9H2,1-4H3. The maximum atomic E-state index is 11.9. The molecule has 0 bridgehead atoms. The molecule has 0 fully saturated rings. The smallest absolute Gasteiger partial charge is 0.337 e. The first kappa shape index (κ1) is 17.3. The Balaban J connectivity index is 2.28. The van der Waals surface area contributed by atoms with E-state index in [-0.39, 0.29) is 6.61 Å². The molecule has 0 saturated heterocycles. The average Bonchev–Trinajstić information content (AvgIpc) is 2.60. The number of nitrogens with zero attached hydrogens (tertiary/aromatic N) is 2. The van der Waals surface area contributed by atoms with E-state index < -0.39 is 17.2 Å². The molecule has 2 rings (SSSR count). The minimum Gasteiger partial charge on any atom is -0.493 e. The maximum absolute atomic E-state index is 11.9. The van der Waals surface area contributed by atoms with Gasteiger partial charge in [0, 0.05) is 20.2 Å². The van der Waals surface area contributed by atoms with Gasteiger partial charge in [-0.25, -0.2) is 9.59 Å². The van der Waals surface area contributed by atoms with E-state index in [1.54, 1.807) is 13.1 Å². The summed E-state index contributed by atoms with van der Waals surface area (Å²) < 4.78 is 17.8. The van der Waals surface area contributed by atoms with E-state index in [1.165, 1.54) is 44.0 Å². The fraction of sp³-hybridized carbons (Fsp3) is 0.312. The predicted molar refractivity (Wildman–Crippen MR) is 85.6 cm³/mol. The second-order valence-electron chi connectivity index (χ2n) is 5.02. The molecule has 0 N–H and O–H groups in total. The van der Waals surface area contributed by atoms with Gasteiger partial charge in [-0.15, -0.1) is 0 Å². The van der Waals surface area contributed by atoms with Gasteiger partial charge in [-0.2, -0.15) is 0 Å². The summed E-state index contributed by atoms with van der Waals surface area (Å²) in [4.78, 5) is 35.1. The highest BCUT2D eigenvalue weighted by Gasteiger charge is 2.13. The van der Waals surface area contributed by atoms with Crippen LogP contribution in [0.3, 0.4) is 0 Å². The van der Waals surface area contributed by atoms with Crippen LogP contribution < -0.4 is 20.7 Å². The molecule has 0 unspecified atom stereocenters. The Kier molecular flexibility index (Phi) is 5.08. The third-order valence-corrected chi connectivity index (χ3v) is 3.59. The minimum absolute atomic E-state index is 0.00422. The summed E-state index contributed by atoms with van der Waals surface area (Å²) in [6, 6.07) is 5.91. The van der Waals surface area contributed by atoms with Crippen molar-refractivity contribution < 1.29 is 19.0 Å². The first-order chi connectivity index (χ1) is 11.4. The highest BCUT2D eigenvalue weighted by molar-refractivity contribution is 5.90. The molecular formula is C16H18N2O6. The number of carbonyl (C=O) groups excluding carboxylic acids is 1. The zero-order valence-electron chi connectivity index (χ0n) is 13.9. The fourth-order valence-electron chi connectivity index (χ4n) is 2.10. The van der Waals surface area contributed by atoms with E-state index >= 15 is 0 Å². The lowest BCUT2D eigenvalue weighted by atomic mass is 10.2. The summed E-state index contributed by atoms with van der Waals surface area (Å²) in [6.07, 6.45) is 0. The molecule has 0 aliphatic heterocycles. The van der Waals surface area contributed by atoms with Gasteiger partial charge >= 0.3 is 11.7 Å². The van der Waals surface area contributed by atoms with Crippen molar-refractivity contribution in [1.82, 2.24) is 9.13 Å². The zero-order chi connectivity index (χ0) is 17.9. The number of methoxy groups -OCH3 is 2. The number of aromatic nitrogens is 2. The van der Waals surface area contributed by atoms with Gasteiger partial charge in [-0.3, -0.25) is 13.9 Å². The van der Waals surface area contributed by atoms with Crippen LogP contribution in [0.4, 0.5) is 0 Å². The van der Waals surface area contributed by atoms with Crippen molar-refractivity contribution in [2.75, 3.05) is 14.2 Å². The molecule has 0 radical (unpaired) electrons. The largest absolute Gasteiger partial charge is 0.493 e.